The molecule has 1 fully saturated rings. The molecule has 0 amide bonds. The van der Waals surface area contributed by atoms with E-state index in [4.69, 9.17) is 4.52 Å². The van der Waals surface area contributed by atoms with E-state index >= 15 is 0 Å². The third-order valence-electron chi connectivity index (χ3n) is 6.07. The minimum Gasteiger partial charge on any atom is -0.393 e. The molecule has 4 heterocycles. The summed E-state index contributed by atoms with van der Waals surface area (Å²) in [6.07, 6.45) is 2.50. The predicted molar refractivity (Wildman–Crippen MR) is 117 cm³/mol. The van der Waals surface area contributed by atoms with Crippen LogP contribution in [-0.4, -0.2) is 64.9 Å². The van der Waals surface area contributed by atoms with Crippen molar-refractivity contribution in [2.75, 3.05) is 19.6 Å². The number of likely N-dealkylation sites (tertiary alicyclic amines) is 1. The molecule has 0 radical (unpaired) electrons. The fraction of sp³-hybridized carbons (Fsp3) is 0.455. The van der Waals surface area contributed by atoms with Crippen molar-refractivity contribution >= 4 is 16.6 Å². The maximum atomic E-state index is 14.9. The quantitative estimate of drug-likeness (QED) is 0.464. The normalized spacial score (nSPS) is 16.3. The molecule has 1 saturated heterocycles. The molecule has 1 aliphatic heterocycles. The average molecular weight is 456 g/mol. The number of aliphatic hydroxyl groups is 2. The lowest BCUT2D eigenvalue weighted by Gasteiger charge is -2.29. The summed E-state index contributed by atoms with van der Waals surface area (Å²) in [4.78, 5) is 24.3. The minimum absolute atomic E-state index is 0.00176. The van der Waals surface area contributed by atoms with E-state index in [-0.39, 0.29) is 41.1 Å². The molecule has 0 unspecified atom stereocenters. The standard InChI is InChI=1S/C22H25FN6O4/c1-22(2,32)21-25-19(26-33-21)16-18-20(31)28(11-10-27-8-6-13(30)7-9-27)17-14(23)4-3-5-15(17)29(18)12-24-16/h3-5,12-13,30,32H,6-11H2,1-2H3. The van der Waals surface area contributed by atoms with Gasteiger partial charge in [-0.1, -0.05) is 11.2 Å². The van der Waals surface area contributed by atoms with Crippen LogP contribution in [0.25, 0.3) is 28.1 Å². The van der Waals surface area contributed by atoms with Crippen molar-refractivity contribution < 1.29 is 19.1 Å². The van der Waals surface area contributed by atoms with Gasteiger partial charge in [0.1, 0.15) is 34.5 Å². The summed E-state index contributed by atoms with van der Waals surface area (Å²) in [5, 5.41) is 23.8. The van der Waals surface area contributed by atoms with Gasteiger partial charge in [-0.25, -0.2) is 9.37 Å². The zero-order valence-electron chi connectivity index (χ0n) is 18.4. The minimum atomic E-state index is -1.35. The Kier molecular flexibility index (Phi) is 5.26. The topological polar surface area (TPSA) is 122 Å². The number of nitrogens with zero attached hydrogens (tertiary/aromatic N) is 6. The molecular weight excluding hydrogens is 431 g/mol. The summed E-state index contributed by atoms with van der Waals surface area (Å²) >= 11 is 0. The van der Waals surface area contributed by atoms with E-state index in [2.05, 4.69) is 20.0 Å². The van der Waals surface area contributed by atoms with Crippen molar-refractivity contribution in [1.82, 2.24) is 29.0 Å². The molecule has 174 valence electrons. The third kappa shape index (κ3) is 3.81. The van der Waals surface area contributed by atoms with E-state index in [9.17, 15) is 19.4 Å². The van der Waals surface area contributed by atoms with Gasteiger partial charge in [-0.05, 0) is 38.8 Å². The van der Waals surface area contributed by atoms with Gasteiger partial charge in [-0.3, -0.25) is 9.20 Å². The summed E-state index contributed by atoms with van der Waals surface area (Å²) in [5.41, 5.74) is -0.694. The van der Waals surface area contributed by atoms with Crippen LogP contribution in [0.1, 0.15) is 32.6 Å². The number of imidazole rings is 1. The Balaban J connectivity index is 1.64. The molecule has 10 nitrogen and oxygen atoms in total. The number of aromatic nitrogens is 5. The molecule has 5 rings (SSSR count). The average Bonchev–Trinajstić information content (AvgIpc) is 3.43. The van der Waals surface area contributed by atoms with Crippen molar-refractivity contribution in [2.45, 2.75) is 44.9 Å². The second-order valence-corrected chi connectivity index (χ2v) is 8.93. The first-order chi connectivity index (χ1) is 15.7. The van der Waals surface area contributed by atoms with Crippen molar-refractivity contribution in [3.63, 3.8) is 0 Å². The van der Waals surface area contributed by atoms with Gasteiger partial charge in [0, 0.05) is 26.2 Å². The zero-order chi connectivity index (χ0) is 23.3. The number of rotatable bonds is 5. The number of halogens is 1. The molecule has 0 spiro atoms. The van der Waals surface area contributed by atoms with E-state index in [1.54, 1.807) is 12.1 Å². The van der Waals surface area contributed by atoms with Gasteiger partial charge in [0.25, 0.3) is 11.4 Å². The van der Waals surface area contributed by atoms with Crippen molar-refractivity contribution in [1.29, 1.82) is 0 Å². The first-order valence-electron chi connectivity index (χ1n) is 10.9. The molecule has 1 aromatic carbocycles. The molecular formula is C22H25FN6O4. The van der Waals surface area contributed by atoms with Crippen molar-refractivity contribution in [3.8, 4) is 11.5 Å². The number of piperidine rings is 1. The largest absolute Gasteiger partial charge is 0.393 e. The van der Waals surface area contributed by atoms with Crippen LogP contribution in [0.3, 0.4) is 0 Å². The SMILES string of the molecule is CC(C)(O)c1nc(-c2ncn3c2c(=O)n(CCN2CCC(O)CC2)c2c(F)cccc23)no1. The van der Waals surface area contributed by atoms with Gasteiger partial charge in [0.2, 0.25) is 5.82 Å². The second-order valence-electron chi connectivity index (χ2n) is 8.93. The highest BCUT2D eigenvalue weighted by Gasteiger charge is 2.27. The van der Waals surface area contributed by atoms with Gasteiger partial charge in [-0.15, -0.1) is 0 Å². The van der Waals surface area contributed by atoms with E-state index < -0.39 is 17.0 Å². The lowest BCUT2D eigenvalue weighted by Crippen LogP contribution is -2.39. The van der Waals surface area contributed by atoms with Crippen LogP contribution in [0, 0.1) is 5.82 Å². The van der Waals surface area contributed by atoms with E-state index in [0.29, 0.717) is 24.9 Å². The summed E-state index contributed by atoms with van der Waals surface area (Å²) in [7, 11) is 0. The predicted octanol–water partition coefficient (Wildman–Crippen LogP) is 1.52. The summed E-state index contributed by atoms with van der Waals surface area (Å²) in [5.74, 6) is -0.433. The molecule has 11 heteroatoms. The molecule has 1 aliphatic rings. The number of benzene rings is 1. The maximum absolute atomic E-state index is 14.9. The third-order valence-corrected chi connectivity index (χ3v) is 6.07. The fourth-order valence-electron chi connectivity index (χ4n) is 4.26. The lowest BCUT2D eigenvalue weighted by atomic mass is 10.1. The van der Waals surface area contributed by atoms with Crippen molar-refractivity contribution in [2.24, 2.45) is 0 Å². The lowest BCUT2D eigenvalue weighted by molar-refractivity contribution is 0.0420. The van der Waals surface area contributed by atoms with E-state index in [0.717, 1.165) is 13.1 Å². The Bertz CT molecular complexity index is 1380. The molecule has 33 heavy (non-hydrogen) atoms. The zero-order valence-corrected chi connectivity index (χ0v) is 18.4. The van der Waals surface area contributed by atoms with Crippen LogP contribution >= 0.6 is 0 Å². The first-order valence-corrected chi connectivity index (χ1v) is 10.9. The van der Waals surface area contributed by atoms with Gasteiger partial charge < -0.3 is 24.2 Å². The Morgan fingerprint density at radius 3 is 2.67 bits per heavy atom. The number of para-hydroxylation sites is 1. The Labute approximate surface area is 187 Å². The highest BCUT2D eigenvalue weighted by molar-refractivity contribution is 5.84. The van der Waals surface area contributed by atoms with E-state index in [1.807, 2.05) is 0 Å². The molecule has 0 bridgehead atoms. The number of aliphatic hydroxyl groups excluding tert-OH is 1. The fourth-order valence-corrected chi connectivity index (χ4v) is 4.26. The van der Waals surface area contributed by atoms with Gasteiger partial charge in [-0.2, -0.15) is 4.98 Å². The highest BCUT2D eigenvalue weighted by atomic mass is 19.1. The maximum Gasteiger partial charge on any atom is 0.277 e. The Hall–Kier alpha value is -3.15. The Morgan fingerprint density at radius 2 is 1.97 bits per heavy atom. The van der Waals surface area contributed by atoms with Crippen LogP contribution < -0.4 is 5.56 Å². The number of hydrogen-bond acceptors (Lipinski definition) is 8. The summed E-state index contributed by atoms with van der Waals surface area (Å²) in [6.45, 7) is 5.28. The summed E-state index contributed by atoms with van der Waals surface area (Å²) in [6, 6.07) is 4.63. The highest BCUT2D eigenvalue weighted by Crippen LogP contribution is 2.26. The number of hydrogen-bond donors (Lipinski definition) is 2. The van der Waals surface area contributed by atoms with Gasteiger partial charge in [0.15, 0.2) is 0 Å². The molecule has 0 aliphatic carbocycles. The van der Waals surface area contributed by atoms with Crippen LogP contribution in [0.4, 0.5) is 4.39 Å². The molecule has 4 aromatic rings. The first kappa shape index (κ1) is 21.7. The van der Waals surface area contributed by atoms with E-state index in [1.165, 1.54) is 35.2 Å². The monoisotopic (exact) mass is 456 g/mol. The molecule has 0 saturated carbocycles. The van der Waals surface area contributed by atoms with Crippen LogP contribution in [-0.2, 0) is 12.1 Å². The molecule has 3 aromatic heterocycles. The Morgan fingerprint density at radius 1 is 1.21 bits per heavy atom. The molecule has 2 N–H and O–H groups in total. The van der Waals surface area contributed by atoms with Crippen molar-refractivity contribution in [3.05, 3.63) is 46.6 Å². The smallest absolute Gasteiger partial charge is 0.277 e. The summed E-state index contributed by atoms with van der Waals surface area (Å²) < 4.78 is 23.0. The second kappa shape index (κ2) is 8.01. The van der Waals surface area contributed by atoms with Crippen LogP contribution in [0.15, 0.2) is 33.8 Å². The molecule has 0 atom stereocenters. The van der Waals surface area contributed by atoms with Crippen LogP contribution in [0.5, 0.6) is 0 Å². The van der Waals surface area contributed by atoms with Crippen LogP contribution in [0.2, 0.25) is 0 Å². The number of fused-ring (bicyclic) bond motifs is 3. The van der Waals surface area contributed by atoms with Gasteiger partial charge in [0.05, 0.1) is 11.6 Å². The van der Waals surface area contributed by atoms with Gasteiger partial charge >= 0.3 is 0 Å².